The number of nitrogens with zero attached hydrogens (tertiary/aromatic N) is 5. The zero-order valence-electron chi connectivity index (χ0n) is 18.1. The van der Waals surface area contributed by atoms with Crippen LogP contribution in [0.2, 0.25) is 0 Å². The van der Waals surface area contributed by atoms with E-state index in [-0.39, 0.29) is 35.8 Å². The van der Waals surface area contributed by atoms with Crippen LogP contribution in [0.1, 0.15) is 38.2 Å². The summed E-state index contributed by atoms with van der Waals surface area (Å²) >= 11 is 0. The summed E-state index contributed by atoms with van der Waals surface area (Å²) in [5.41, 5.74) is 1.27. The summed E-state index contributed by atoms with van der Waals surface area (Å²) in [6.07, 6.45) is -1.44. The molecule has 2 aliphatic rings. The number of carbonyl (C=O) groups is 1. The molecule has 0 radical (unpaired) electrons. The number of hydrogen-bond acceptors (Lipinski definition) is 8. The summed E-state index contributed by atoms with van der Waals surface area (Å²) in [5.74, 6) is 0.144. The highest BCUT2D eigenvalue weighted by Crippen LogP contribution is 2.35. The van der Waals surface area contributed by atoms with Crippen LogP contribution < -0.4 is 20.3 Å². The number of rotatable bonds is 5. The fourth-order valence-corrected chi connectivity index (χ4v) is 3.96. The molecule has 0 spiro atoms. The van der Waals surface area contributed by atoms with Gasteiger partial charge in [0.15, 0.2) is 11.6 Å². The second-order valence-corrected chi connectivity index (χ2v) is 8.41. The maximum absolute atomic E-state index is 12.5. The van der Waals surface area contributed by atoms with Crippen molar-refractivity contribution in [3.05, 3.63) is 23.9 Å². The Hall–Kier alpha value is -3.18. The summed E-state index contributed by atoms with van der Waals surface area (Å²) in [4.78, 5) is 30.0. The lowest BCUT2D eigenvalue weighted by Gasteiger charge is -2.38. The molecular formula is C20H24F3N7O2. The summed E-state index contributed by atoms with van der Waals surface area (Å²) in [5, 5.41) is 6.18. The number of anilines is 3. The Labute approximate surface area is 182 Å². The zero-order valence-corrected chi connectivity index (χ0v) is 18.1. The van der Waals surface area contributed by atoms with Crippen molar-refractivity contribution < 1.29 is 22.7 Å². The maximum atomic E-state index is 12.5. The Bertz CT molecular complexity index is 1010. The fraction of sp³-hybridized carbons (Fsp3) is 0.550. The van der Waals surface area contributed by atoms with Crippen molar-refractivity contribution in [1.82, 2.24) is 19.9 Å². The molecule has 2 aromatic heterocycles. The van der Waals surface area contributed by atoms with Crippen LogP contribution >= 0.6 is 0 Å². The number of likely N-dealkylation sites (N-methyl/N-ethyl adjacent to an activating group) is 1. The van der Waals surface area contributed by atoms with Crippen molar-refractivity contribution in [2.45, 2.75) is 58.0 Å². The van der Waals surface area contributed by atoms with Gasteiger partial charge in [-0.15, -0.1) is 0 Å². The third kappa shape index (κ3) is 4.26. The number of amides is 1. The van der Waals surface area contributed by atoms with Crippen molar-refractivity contribution in [2.75, 3.05) is 22.6 Å². The van der Waals surface area contributed by atoms with E-state index in [4.69, 9.17) is 4.74 Å². The number of aryl methyl sites for hydroxylation is 1. The highest BCUT2D eigenvalue weighted by Gasteiger charge is 2.37. The Balaban J connectivity index is 1.37. The van der Waals surface area contributed by atoms with E-state index in [0.29, 0.717) is 36.0 Å². The molecule has 1 amide bonds. The van der Waals surface area contributed by atoms with E-state index in [1.807, 2.05) is 32.7 Å². The number of fused-ring (bicyclic) bond motifs is 1. The van der Waals surface area contributed by atoms with E-state index in [1.54, 1.807) is 0 Å². The van der Waals surface area contributed by atoms with Crippen molar-refractivity contribution in [3.63, 3.8) is 0 Å². The molecule has 0 saturated heterocycles. The van der Waals surface area contributed by atoms with Crippen molar-refractivity contribution >= 4 is 23.4 Å². The zero-order chi connectivity index (χ0) is 23.2. The van der Waals surface area contributed by atoms with Crippen LogP contribution in [-0.2, 0) is 11.0 Å². The van der Waals surface area contributed by atoms with Gasteiger partial charge in [0.25, 0.3) is 0 Å². The van der Waals surface area contributed by atoms with Gasteiger partial charge in [0, 0.05) is 25.9 Å². The number of halogens is 3. The highest BCUT2D eigenvalue weighted by atomic mass is 19.4. The molecule has 4 rings (SSSR count). The third-order valence-corrected chi connectivity index (χ3v) is 5.58. The molecule has 2 aromatic rings. The predicted molar refractivity (Wildman–Crippen MR) is 111 cm³/mol. The number of carbonyl (C=O) groups excluding carboxylic acids is 1. The average molecular weight is 451 g/mol. The van der Waals surface area contributed by atoms with Gasteiger partial charge in [0.1, 0.15) is 17.8 Å². The normalized spacial score (nSPS) is 22.8. The van der Waals surface area contributed by atoms with E-state index in [2.05, 4.69) is 30.6 Å². The molecule has 1 aliphatic heterocycles. The number of hydrogen-bond donors (Lipinski definition) is 2. The molecule has 2 N–H and O–H groups in total. The second kappa shape index (κ2) is 8.06. The monoisotopic (exact) mass is 451 g/mol. The maximum Gasteiger partial charge on any atom is 0.451 e. The van der Waals surface area contributed by atoms with Crippen LogP contribution in [0.3, 0.4) is 0 Å². The molecule has 12 heteroatoms. The molecule has 172 valence electrons. The highest BCUT2D eigenvalue weighted by molar-refractivity contribution is 6.03. The van der Waals surface area contributed by atoms with Crippen LogP contribution in [0.25, 0.3) is 0 Å². The first-order valence-electron chi connectivity index (χ1n) is 10.3. The van der Waals surface area contributed by atoms with E-state index < -0.39 is 12.0 Å². The number of ether oxygens (including phenoxy) is 1. The topological polar surface area (TPSA) is 105 Å². The Morgan fingerprint density at radius 2 is 1.88 bits per heavy atom. The van der Waals surface area contributed by atoms with Crippen LogP contribution in [0.15, 0.2) is 12.4 Å². The van der Waals surface area contributed by atoms with Gasteiger partial charge in [-0.05, 0) is 12.8 Å². The molecular weight excluding hydrogens is 427 g/mol. The van der Waals surface area contributed by atoms with Gasteiger partial charge in [-0.3, -0.25) is 4.79 Å². The number of nitrogens with one attached hydrogen (secondary N) is 2. The van der Waals surface area contributed by atoms with Gasteiger partial charge in [-0.2, -0.15) is 18.2 Å². The van der Waals surface area contributed by atoms with Crippen molar-refractivity contribution in [3.8, 4) is 5.75 Å². The van der Waals surface area contributed by atoms with Gasteiger partial charge >= 0.3 is 6.18 Å². The smallest absolute Gasteiger partial charge is 0.451 e. The van der Waals surface area contributed by atoms with Gasteiger partial charge in [-0.25, -0.2) is 15.0 Å². The van der Waals surface area contributed by atoms with Gasteiger partial charge in [0.2, 0.25) is 17.7 Å². The minimum Gasteiger partial charge on any atom is -0.487 e. The van der Waals surface area contributed by atoms with Crippen molar-refractivity contribution in [2.24, 2.45) is 5.92 Å². The first kappa shape index (κ1) is 22.0. The Morgan fingerprint density at radius 3 is 2.47 bits per heavy atom. The van der Waals surface area contributed by atoms with Crippen LogP contribution in [-0.4, -0.2) is 51.1 Å². The molecule has 1 fully saturated rings. The molecule has 1 saturated carbocycles. The van der Waals surface area contributed by atoms with Crippen LogP contribution in [0, 0.1) is 12.8 Å². The number of alkyl halides is 3. The molecule has 0 aromatic carbocycles. The van der Waals surface area contributed by atoms with Crippen LogP contribution in [0.5, 0.6) is 5.75 Å². The summed E-state index contributed by atoms with van der Waals surface area (Å²) in [6, 6.07) is -0.269. The summed E-state index contributed by atoms with van der Waals surface area (Å²) in [6.45, 7) is 5.77. The lowest BCUT2D eigenvalue weighted by molar-refractivity contribution is -0.145. The molecule has 0 unspecified atom stereocenters. The summed E-state index contributed by atoms with van der Waals surface area (Å²) < 4.78 is 43.3. The van der Waals surface area contributed by atoms with E-state index in [0.717, 1.165) is 12.4 Å². The largest absolute Gasteiger partial charge is 0.487 e. The minimum atomic E-state index is -4.58. The van der Waals surface area contributed by atoms with Gasteiger partial charge in [-0.1, -0.05) is 13.8 Å². The van der Waals surface area contributed by atoms with E-state index in [1.165, 1.54) is 0 Å². The summed E-state index contributed by atoms with van der Waals surface area (Å²) in [7, 11) is 1.85. The Kier molecular flexibility index (Phi) is 5.55. The number of aromatic nitrogens is 4. The van der Waals surface area contributed by atoms with Crippen molar-refractivity contribution in [1.29, 1.82) is 0 Å². The standard InChI is InChI=1S/C20H24F3N7O2/c1-9(2)15-17(31)28-14-10(3)26-19(29-16(14)30(15)4)27-11-5-12(6-11)32-13-7-24-18(25-8-13)20(21,22)23/h7-9,11-12,15H,5-6H2,1-4H3,(H,28,31)(H,26,27,29)/t11-,12+,15-/m0/s1. The Morgan fingerprint density at radius 1 is 1.22 bits per heavy atom. The first-order valence-corrected chi connectivity index (χ1v) is 10.3. The lowest BCUT2D eigenvalue weighted by atomic mass is 9.89. The third-order valence-electron chi connectivity index (χ3n) is 5.58. The van der Waals surface area contributed by atoms with Gasteiger partial charge < -0.3 is 20.3 Å². The molecule has 32 heavy (non-hydrogen) atoms. The first-order chi connectivity index (χ1) is 15.0. The van der Waals surface area contributed by atoms with E-state index >= 15 is 0 Å². The SMILES string of the molecule is Cc1nc(N[C@H]2C[C@@H](Oc3cnc(C(F)(F)F)nc3)C2)nc2c1NC(=O)[C@H](C(C)C)N2C. The lowest BCUT2D eigenvalue weighted by Crippen LogP contribution is -2.50. The second-order valence-electron chi connectivity index (χ2n) is 8.41. The molecule has 0 bridgehead atoms. The molecule has 1 aliphatic carbocycles. The van der Waals surface area contributed by atoms with Crippen LogP contribution in [0.4, 0.5) is 30.6 Å². The average Bonchev–Trinajstić information content (AvgIpc) is 2.67. The molecule has 1 atom stereocenters. The van der Waals surface area contributed by atoms with E-state index in [9.17, 15) is 18.0 Å². The van der Waals surface area contributed by atoms with Gasteiger partial charge in [0.05, 0.1) is 18.1 Å². The fourth-order valence-electron chi connectivity index (χ4n) is 3.96. The minimum absolute atomic E-state index is 0.0530. The molecule has 3 heterocycles. The quantitative estimate of drug-likeness (QED) is 0.715. The predicted octanol–water partition coefficient (Wildman–Crippen LogP) is 3.03. The molecule has 9 nitrogen and oxygen atoms in total.